The first-order valence-electron chi connectivity index (χ1n) is 4.02. The van der Waals surface area contributed by atoms with Crippen molar-refractivity contribution in [2.24, 2.45) is 0 Å². The molecule has 0 aliphatic carbocycles. The maximum absolute atomic E-state index is 12.1. The average molecular weight is 293 g/mol. The Labute approximate surface area is 80.3 Å². The topological polar surface area (TPSA) is 25.8 Å². The summed E-state index contributed by atoms with van der Waals surface area (Å²) in [4.78, 5) is 14.2. The minimum absolute atomic E-state index is 0.237. The van der Waals surface area contributed by atoms with Crippen LogP contribution in [0.25, 0.3) is 0 Å². The molecule has 0 bridgehead atoms. The van der Waals surface area contributed by atoms with Gasteiger partial charge >= 0.3 is 80.2 Å². The number of nitrogens with zero attached hydrogens (tertiary/aromatic N) is 2. The Bertz CT molecular complexity index is 279. The first kappa shape index (κ1) is 10.8. The normalized spacial score (nSPS) is 12.2. The van der Waals surface area contributed by atoms with Gasteiger partial charge in [0.05, 0.1) is 0 Å². The van der Waals surface area contributed by atoms with E-state index in [9.17, 15) is 8.78 Å². The van der Waals surface area contributed by atoms with Crippen LogP contribution in [0.1, 0.15) is 12.1 Å². The summed E-state index contributed by atoms with van der Waals surface area (Å²) in [7, 11) is 0. The molecular weight excluding hydrogens is 281 g/mol. The van der Waals surface area contributed by atoms with Gasteiger partial charge in [-0.05, 0) is 0 Å². The SMILES string of the molecule is [CH3][Sn]([CH3])([CH3])[c]1cnc(C(F)F)cn1. The number of alkyl halides is 2. The molecule has 0 spiro atoms. The van der Waals surface area contributed by atoms with E-state index in [-0.39, 0.29) is 5.69 Å². The standard InChI is InChI=1S/C5H3F2N2.3CH3.Sn/c6-5(7)4-3-8-1-2-9-4;;;;/h2-3,5H;3*1H3;. The second-order valence-corrected chi connectivity index (χ2v) is 18.2. The molecule has 1 aromatic heterocycles. The Kier molecular flexibility index (Phi) is 3.21. The van der Waals surface area contributed by atoms with Crippen molar-refractivity contribution in [2.75, 3.05) is 0 Å². The summed E-state index contributed by atoms with van der Waals surface area (Å²) < 4.78 is 25.1. The van der Waals surface area contributed by atoms with Gasteiger partial charge in [-0.2, -0.15) is 0 Å². The quantitative estimate of drug-likeness (QED) is 0.779. The number of rotatable bonds is 2. The van der Waals surface area contributed by atoms with E-state index in [4.69, 9.17) is 0 Å². The molecule has 0 unspecified atom stereocenters. The summed E-state index contributed by atoms with van der Waals surface area (Å²) in [6.07, 6.45) is 0.163. The van der Waals surface area contributed by atoms with Crippen LogP contribution in [-0.4, -0.2) is 28.3 Å². The third-order valence-corrected chi connectivity index (χ3v) is 6.79. The molecule has 0 radical (unpaired) electrons. The summed E-state index contributed by atoms with van der Waals surface area (Å²) in [6, 6.07) is 0. The Hall–Kier alpha value is -0.261. The molecule has 1 aromatic rings. The molecule has 1 rings (SSSR count). The van der Waals surface area contributed by atoms with Gasteiger partial charge in [-0.3, -0.25) is 0 Å². The summed E-state index contributed by atoms with van der Waals surface area (Å²) in [5.74, 6) is 0. The third kappa shape index (κ3) is 2.86. The zero-order chi connectivity index (χ0) is 10.1. The second kappa shape index (κ2) is 3.86. The molecule has 0 atom stereocenters. The molecule has 0 aliphatic rings. The van der Waals surface area contributed by atoms with E-state index in [1.165, 1.54) is 12.4 Å². The minimum atomic E-state index is -2.52. The summed E-state index contributed by atoms with van der Waals surface area (Å²) in [6.45, 7) is 0. The monoisotopic (exact) mass is 294 g/mol. The molecule has 2 nitrogen and oxygen atoms in total. The van der Waals surface area contributed by atoms with E-state index in [1.807, 2.05) is 0 Å². The van der Waals surface area contributed by atoms with Gasteiger partial charge in [-0.25, -0.2) is 0 Å². The molecule has 0 saturated carbocycles. The summed E-state index contributed by atoms with van der Waals surface area (Å²) in [5, 5.41) is 0. The zero-order valence-corrected chi connectivity index (χ0v) is 10.7. The van der Waals surface area contributed by atoms with Gasteiger partial charge in [0, 0.05) is 0 Å². The van der Waals surface area contributed by atoms with Crippen LogP contribution in [0.15, 0.2) is 12.4 Å². The van der Waals surface area contributed by atoms with Gasteiger partial charge < -0.3 is 0 Å². The Morgan fingerprint density at radius 2 is 1.77 bits per heavy atom. The van der Waals surface area contributed by atoms with Crippen LogP contribution in [0.3, 0.4) is 0 Å². The molecule has 0 N–H and O–H groups in total. The fraction of sp³-hybridized carbons (Fsp3) is 0.500. The molecule has 0 saturated heterocycles. The zero-order valence-electron chi connectivity index (χ0n) is 7.88. The molecule has 0 aromatic carbocycles. The van der Waals surface area contributed by atoms with Crippen molar-refractivity contribution < 1.29 is 8.78 Å². The first-order valence-corrected chi connectivity index (χ1v) is 14.0. The van der Waals surface area contributed by atoms with E-state index < -0.39 is 24.8 Å². The Morgan fingerprint density at radius 3 is 2.08 bits per heavy atom. The Balaban J connectivity index is 2.94. The molecule has 5 heteroatoms. The van der Waals surface area contributed by atoms with Gasteiger partial charge in [-0.15, -0.1) is 0 Å². The molecule has 1 heterocycles. The summed E-state index contributed by atoms with van der Waals surface area (Å²) in [5.41, 5.74) is -0.237. The van der Waals surface area contributed by atoms with Gasteiger partial charge in [-0.1, -0.05) is 0 Å². The van der Waals surface area contributed by atoms with Gasteiger partial charge in [0.15, 0.2) is 0 Å². The number of hydrogen-bond donors (Lipinski definition) is 0. The molecular formula is C8H12F2N2Sn. The van der Waals surface area contributed by atoms with Crippen molar-refractivity contribution in [3.63, 3.8) is 0 Å². The third-order valence-electron chi connectivity index (χ3n) is 1.66. The number of aromatic nitrogens is 2. The van der Waals surface area contributed by atoms with E-state index in [0.29, 0.717) is 0 Å². The van der Waals surface area contributed by atoms with Crippen molar-refractivity contribution in [1.82, 2.24) is 9.97 Å². The van der Waals surface area contributed by atoms with E-state index in [2.05, 4.69) is 24.8 Å². The van der Waals surface area contributed by atoms with E-state index >= 15 is 0 Å². The van der Waals surface area contributed by atoms with Gasteiger partial charge in [0.25, 0.3) is 0 Å². The van der Waals surface area contributed by atoms with Crippen molar-refractivity contribution in [3.8, 4) is 0 Å². The van der Waals surface area contributed by atoms with Crippen LogP contribution < -0.4 is 3.71 Å². The number of halogens is 2. The molecule has 0 amide bonds. The van der Waals surface area contributed by atoms with Gasteiger partial charge in [0.2, 0.25) is 0 Å². The predicted molar refractivity (Wildman–Crippen MR) is 50.0 cm³/mol. The molecule has 13 heavy (non-hydrogen) atoms. The van der Waals surface area contributed by atoms with E-state index in [1.54, 1.807) is 0 Å². The van der Waals surface area contributed by atoms with Crippen molar-refractivity contribution >= 4 is 22.1 Å². The van der Waals surface area contributed by atoms with Crippen LogP contribution in [0.4, 0.5) is 8.78 Å². The molecule has 0 fully saturated rings. The van der Waals surface area contributed by atoms with Crippen LogP contribution in [0.5, 0.6) is 0 Å². The van der Waals surface area contributed by atoms with Crippen molar-refractivity contribution in [1.29, 1.82) is 0 Å². The van der Waals surface area contributed by atoms with Crippen molar-refractivity contribution in [3.05, 3.63) is 18.1 Å². The van der Waals surface area contributed by atoms with Crippen molar-refractivity contribution in [2.45, 2.75) is 21.2 Å². The molecule has 72 valence electrons. The first-order chi connectivity index (χ1) is 5.91. The Morgan fingerprint density at radius 1 is 1.15 bits per heavy atom. The van der Waals surface area contributed by atoms with E-state index in [0.717, 1.165) is 3.71 Å². The van der Waals surface area contributed by atoms with Crippen LogP contribution in [0.2, 0.25) is 14.8 Å². The number of hydrogen-bond acceptors (Lipinski definition) is 2. The van der Waals surface area contributed by atoms with Crippen LogP contribution in [0, 0.1) is 0 Å². The van der Waals surface area contributed by atoms with Crippen LogP contribution >= 0.6 is 0 Å². The second-order valence-electron chi connectivity index (χ2n) is 3.88. The average Bonchev–Trinajstić information content (AvgIpc) is 2.03. The van der Waals surface area contributed by atoms with Gasteiger partial charge in [0.1, 0.15) is 0 Å². The fourth-order valence-electron chi connectivity index (χ4n) is 0.838. The maximum atomic E-state index is 12.1. The fourth-order valence-corrected chi connectivity index (χ4v) is 3.42. The molecule has 0 aliphatic heterocycles. The predicted octanol–water partition coefficient (Wildman–Crippen LogP) is 1.96. The van der Waals surface area contributed by atoms with Crippen LogP contribution in [-0.2, 0) is 0 Å². The summed E-state index contributed by atoms with van der Waals surface area (Å²) >= 11 is -2.21.